The number of sulfone groups is 1. The van der Waals surface area contributed by atoms with E-state index in [4.69, 9.17) is 4.74 Å². The lowest BCUT2D eigenvalue weighted by atomic mass is 10.2. The number of benzene rings is 1. The van der Waals surface area contributed by atoms with Crippen LogP contribution in [0.5, 0.6) is 0 Å². The summed E-state index contributed by atoms with van der Waals surface area (Å²) in [6.07, 6.45) is 0.837. The van der Waals surface area contributed by atoms with Crippen molar-refractivity contribution in [2.75, 3.05) is 25.6 Å². The number of anilines is 1. The van der Waals surface area contributed by atoms with E-state index in [2.05, 4.69) is 20.6 Å². The molecule has 0 radical (unpaired) electrons. The van der Waals surface area contributed by atoms with Crippen LogP contribution in [0.3, 0.4) is 0 Å². The second kappa shape index (κ2) is 7.46. The van der Waals surface area contributed by atoms with E-state index in [-0.39, 0.29) is 15.6 Å². The molecule has 0 spiro atoms. The van der Waals surface area contributed by atoms with Crippen LogP contribution < -0.4 is 5.32 Å². The monoisotopic (exact) mass is 417 g/mol. The predicted molar refractivity (Wildman–Crippen MR) is 108 cm³/mol. The Morgan fingerprint density at radius 1 is 1.21 bits per heavy atom. The lowest BCUT2D eigenvalue weighted by Gasteiger charge is -2.08. The van der Waals surface area contributed by atoms with E-state index < -0.39 is 9.84 Å². The highest BCUT2D eigenvalue weighted by Crippen LogP contribution is 2.31. The fourth-order valence-electron chi connectivity index (χ4n) is 2.90. The summed E-state index contributed by atoms with van der Waals surface area (Å²) < 4.78 is 33.7. The number of rotatable bonds is 7. The number of nitrogens with one attached hydrogen (secondary N) is 1. The molecule has 0 saturated carbocycles. The summed E-state index contributed by atoms with van der Waals surface area (Å²) in [5.41, 5.74) is 2.02. The summed E-state index contributed by atoms with van der Waals surface area (Å²) in [5.74, 6) is 0.592. The van der Waals surface area contributed by atoms with E-state index in [9.17, 15) is 8.42 Å². The number of hydrogen-bond donors (Lipinski definition) is 1. The molecule has 10 heteroatoms. The molecule has 3 aromatic heterocycles. The topological polar surface area (TPSA) is 98.5 Å². The minimum absolute atomic E-state index is 0.153. The van der Waals surface area contributed by atoms with Crippen molar-refractivity contribution in [1.29, 1.82) is 0 Å². The Morgan fingerprint density at radius 2 is 2.00 bits per heavy atom. The van der Waals surface area contributed by atoms with Gasteiger partial charge in [-0.2, -0.15) is 4.52 Å². The van der Waals surface area contributed by atoms with Crippen LogP contribution in [0, 0.1) is 0 Å². The first-order valence-corrected chi connectivity index (χ1v) is 11.1. The maximum Gasteiger partial charge on any atom is 0.229 e. The van der Waals surface area contributed by atoms with Gasteiger partial charge >= 0.3 is 0 Å². The molecule has 4 aromatic rings. The summed E-state index contributed by atoms with van der Waals surface area (Å²) in [6, 6.07) is 8.68. The largest absolute Gasteiger partial charge is 0.383 e. The van der Waals surface area contributed by atoms with Crippen LogP contribution in [0.1, 0.15) is 12.5 Å². The number of thiophene rings is 1. The summed E-state index contributed by atoms with van der Waals surface area (Å²) >= 11 is 1.50. The number of hydrogen-bond acceptors (Lipinski definition) is 8. The number of methoxy groups -OCH3 is 1. The normalized spacial score (nSPS) is 12.1. The number of aryl methyl sites for hydroxylation is 1. The first-order chi connectivity index (χ1) is 13.6. The van der Waals surface area contributed by atoms with E-state index in [0.29, 0.717) is 19.0 Å². The van der Waals surface area contributed by atoms with E-state index in [1.165, 1.54) is 15.9 Å². The lowest BCUT2D eigenvalue weighted by Crippen LogP contribution is -2.10. The number of nitrogens with zero attached hydrogens (tertiary/aromatic N) is 4. The van der Waals surface area contributed by atoms with Gasteiger partial charge in [0, 0.05) is 13.7 Å². The van der Waals surface area contributed by atoms with E-state index in [1.807, 2.05) is 18.4 Å². The van der Waals surface area contributed by atoms with Gasteiger partial charge in [-0.25, -0.2) is 13.4 Å². The summed E-state index contributed by atoms with van der Waals surface area (Å²) in [7, 11) is -2.23. The molecular formula is C18H19N5O3S2. The molecule has 0 aliphatic rings. The minimum Gasteiger partial charge on any atom is -0.383 e. The zero-order valence-electron chi connectivity index (χ0n) is 15.4. The molecule has 4 rings (SSSR count). The smallest absolute Gasteiger partial charge is 0.229 e. The second-order valence-electron chi connectivity index (χ2n) is 6.15. The van der Waals surface area contributed by atoms with Crippen LogP contribution in [0.4, 0.5) is 5.82 Å². The van der Waals surface area contributed by atoms with Gasteiger partial charge in [-0.3, -0.25) is 0 Å². The van der Waals surface area contributed by atoms with Gasteiger partial charge in [-0.1, -0.05) is 24.3 Å². The molecule has 0 aliphatic carbocycles. The lowest BCUT2D eigenvalue weighted by molar-refractivity contribution is 0.210. The Morgan fingerprint density at radius 3 is 2.71 bits per heavy atom. The summed E-state index contributed by atoms with van der Waals surface area (Å²) in [4.78, 5) is 4.71. The maximum atomic E-state index is 13.2. The van der Waals surface area contributed by atoms with Crippen LogP contribution >= 0.6 is 11.3 Å². The minimum atomic E-state index is -3.85. The van der Waals surface area contributed by atoms with Gasteiger partial charge in [-0.05, 0) is 35.6 Å². The van der Waals surface area contributed by atoms with Crippen molar-refractivity contribution in [2.45, 2.75) is 23.3 Å². The first kappa shape index (κ1) is 18.8. The molecule has 0 atom stereocenters. The van der Waals surface area contributed by atoms with Crippen molar-refractivity contribution in [3.63, 3.8) is 0 Å². The molecule has 0 aliphatic heterocycles. The van der Waals surface area contributed by atoms with Crippen molar-refractivity contribution >= 4 is 42.9 Å². The van der Waals surface area contributed by atoms with Crippen molar-refractivity contribution < 1.29 is 13.2 Å². The van der Waals surface area contributed by atoms with Crippen LogP contribution in [0.15, 0.2) is 45.6 Å². The highest BCUT2D eigenvalue weighted by molar-refractivity contribution is 7.91. The summed E-state index contributed by atoms with van der Waals surface area (Å²) in [6.45, 7) is 3.07. The standard InChI is InChI=1S/C18H19N5O3S2/c1-3-12-4-6-13(7-5-12)28(24,25)18-17-20-16(19-9-10-26-2)15-14(8-11-27-15)23(17)22-21-18/h4-8,11H,3,9-10H2,1-2H3,(H,19,20). The fourth-order valence-corrected chi connectivity index (χ4v) is 4.98. The number of ether oxygens (including phenoxy) is 1. The van der Waals surface area contributed by atoms with Crippen LogP contribution in [-0.4, -0.2) is 48.5 Å². The van der Waals surface area contributed by atoms with Crippen molar-refractivity contribution in [1.82, 2.24) is 19.8 Å². The van der Waals surface area contributed by atoms with Gasteiger partial charge in [0.2, 0.25) is 14.9 Å². The Kier molecular flexibility index (Phi) is 5.00. The molecule has 0 saturated heterocycles. The average molecular weight is 418 g/mol. The molecule has 0 fully saturated rings. The van der Waals surface area contributed by atoms with E-state index >= 15 is 0 Å². The Labute approximate surface area is 166 Å². The number of aromatic nitrogens is 4. The third-order valence-electron chi connectivity index (χ3n) is 4.42. The van der Waals surface area contributed by atoms with Crippen molar-refractivity contribution in [3.05, 3.63) is 41.3 Å². The Hall–Kier alpha value is -2.56. The van der Waals surface area contributed by atoms with Gasteiger partial charge in [0.1, 0.15) is 5.82 Å². The fraction of sp³-hybridized carbons (Fsp3) is 0.278. The van der Waals surface area contributed by atoms with Gasteiger partial charge in [-0.15, -0.1) is 16.4 Å². The quantitative estimate of drug-likeness (QED) is 0.462. The molecule has 3 heterocycles. The van der Waals surface area contributed by atoms with Crippen LogP contribution in [0.2, 0.25) is 0 Å². The molecule has 1 N–H and O–H groups in total. The van der Waals surface area contributed by atoms with Gasteiger partial charge in [0.05, 0.1) is 21.7 Å². The second-order valence-corrected chi connectivity index (χ2v) is 8.93. The zero-order valence-corrected chi connectivity index (χ0v) is 17.0. The van der Waals surface area contributed by atoms with Crippen LogP contribution in [0.25, 0.3) is 15.9 Å². The third kappa shape index (κ3) is 3.13. The Balaban J connectivity index is 1.86. The SMILES string of the molecule is CCc1ccc(S(=O)(=O)c2nnn3c2nc(NCCOC)c2sccc23)cc1. The van der Waals surface area contributed by atoms with E-state index in [1.54, 1.807) is 31.4 Å². The molecule has 0 amide bonds. The van der Waals surface area contributed by atoms with Crippen LogP contribution in [-0.2, 0) is 21.0 Å². The predicted octanol–water partition coefficient (Wildman–Crippen LogP) is 2.79. The molecular weight excluding hydrogens is 398 g/mol. The van der Waals surface area contributed by atoms with Crippen molar-refractivity contribution in [2.24, 2.45) is 0 Å². The summed E-state index contributed by atoms with van der Waals surface area (Å²) in [5, 5.41) is 13.0. The molecule has 0 bridgehead atoms. The zero-order chi connectivity index (χ0) is 19.7. The molecule has 0 unspecified atom stereocenters. The average Bonchev–Trinajstić information content (AvgIpc) is 3.35. The third-order valence-corrected chi connectivity index (χ3v) is 6.99. The van der Waals surface area contributed by atoms with Crippen molar-refractivity contribution in [3.8, 4) is 0 Å². The highest BCUT2D eigenvalue weighted by Gasteiger charge is 2.27. The molecule has 28 heavy (non-hydrogen) atoms. The van der Waals surface area contributed by atoms with Gasteiger partial charge in [0.25, 0.3) is 0 Å². The highest BCUT2D eigenvalue weighted by atomic mass is 32.2. The molecule has 1 aromatic carbocycles. The number of fused-ring (bicyclic) bond motifs is 3. The Bertz CT molecular complexity index is 1230. The molecule has 8 nitrogen and oxygen atoms in total. The van der Waals surface area contributed by atoms with Gasteiger partial charge in [0.15, 0.2) is 5.65 Å². The van der Waals surface area contributed by atoms with E-state index in [0.717, 1.165) is 22.2 Å². The maximum absolute atomic E-state index is 13.2. The van der Waals surface area contributed by atoms with Gasteiger partial charge < -0.3 is 10.1 Å². The first-order valence-electron chi connectivity index (χ1n) is 8.75. The molecule has 146 valence electrons.